The summed E-state index contributed by atoms with van der Waals surface area (Å²) in [5.41, 5.74) is 0. The van der Waals surface area contributed by atoms with Gasteiger partial charge in [0.05, 0.1) is 6.42 Å². The Hall–Kier alpha value is -1.62. The van der Waals surface area contributed by atoms with Gasteiger partial charge < -0.3 is 10.4 Å². The summed E-state index contributed by atoms with van der Waals surface area (Å²) in [5.74, 6) is 0.542. The molecule has 0 saturated heterocycles. The van der Waals surface area contributed by atoms with Crippen LogP contribution in [0.25, 0.3) is 10.1 Å². The number of aromatic nitrogens is 1. The molecule has 0 aromatic carbocycles. The standard InChI is InChI=1S/C13H14N2O2S/c16-12(17)7-10(8-1-2-8)15-13-9-4-6-18-11(9)3-5-14-13/h3-6,8,10H,1-2,7H2,(H,14,15)(H,16,17). The Morgan fingerprint density at radius 1 is 1.56 bits per heavy atom. The fraction of sp³-hybridized carbons (Fsp3) is 0.385. The summed E-state index contributed by atoms with van der Waals surface area (Å²) in [6.07, 6.45) is 4.16. The number of pyridine rings is 1. The van der Waals surface area contributed by atoms with E-state index in [9.17, 15) is 4.79 Å². The van der Waals surface area contributed by atoms with Crippen LogP contribution in [-0.4, -0.2) is 22.1 Å². The zero-order valence-electron chi connectivity index (χ0n) is 9.80. The Morgan fingerprint density at radius 3 is 3.11 bits per heavy atom. The van der Waals surface area contributed by atoms with Crippen molar-refractivity contribution < 1.29 is 9.90 Å². The number of rotatable bonds is 5. The van der Waals surface area contributed by atoms with Crippen molar-refractivity contribution in [1.29, 1.82) is 0 Å². The fourth-order valence-corrected chi connectivity index (χ4v) is 2.99. The minimum atomic E-state index is -0.753. The van der Waals surface area contributed by atoms with Crippen molar-refractivity contribution in [3.05, 3.63) is 23.7 Å². The summed E-state index contributed by atoms with van der Waals surface area (Å²) in [5, 5.41) is 15.4. The lowest BCUT2D eigenvalue weighted by molar-refractivity contribution is -0.137. The van der Waals surface area contributed by atoms with Gasteiger partial charge >= 0.3 is 5.97 Å². The van der Waals surface area contributed by atoms with E-state index in [-0.39, 0.29) is 12.5 Å². The van der Waals surface area contributed by atoms with Crippen molar-refractivity contribution in [2.24, 2.45) is 5.92 Å². The van der Waals surface area contributed by atoms with E-state index in [1.807, 2.05) is 17.5 Å². The van der Waals surface area contributed by atoms with E-state index in [2.05, 4.69) is 10.3 Å². The zero-order chi connectivity index (χ0) is 12.5. The highest BCUT2D eigenvalue weighted by molar-refractivity contribution is 7.17. The second kappa shape index (κ2) is 4.57. The largest absolute Gasteiger partial charge is 0.481 e. The molecule has 0 amide bonds. The molecule has 4 nitrogen and oxygen atoms in total. The van der Waals surface area contributed by atoms with E-state index in [0.717, 1.165) is 24.0 Å². The maximum atomic E-state index is 10.9. The average molecular weight is 262 g/mol. The molecular formula is C13H14N2O2S. The van der Waals surface area contributed by atoms with Gasteiger partial charge in [0.25, 0.3) is 0 Å². The molecule has 5 heteroatoms. The Bertz CT molecular complexity index is 577. The highest BCUT2D eigenvalue weighted by Gasteiger charge is 2.33. The Balaban J connectivity index is 1.85. The van der Waals surface area contributed by atoms with Gasteiger partial charge in [-0.1, -0.05) is 0 Å². The molecule has 1 aliphatic rings. The molecule has 1 unspecified atom stereocenters. The van der Waals surface area contributed by atoms with Crippen molar-refractivity contribution in [3.8, 4) is 0 Å². The first-order valence-corrected chi connectivity index (χ1v) is 6.92. The van der Waals surface area contributed by atoms with E-state index in [4.69, 9.17) is 5.11 Å². The van der Waals surface area contributed by atoms with Crippen LogP contribution < -0.4 is 5.32 Å². The molecule has 0 bridgehead atoms. The van der Waals surface area contributed by atoms with E-state index >= 15 is 0 Å². The van der Waals surface area contributed by atoms with Crippen LogP contribution in [0.1, 0.15) is 19.3 Å². The highest BCUT2D eigenvalue weighted by Crippen LogP contribution is 2.36. The molecule has 3 rings (SSSR count). The van der Waals surface area contributed by atoms with Crippen molar-refractivity contribution in [2.45, 2.75) is 25.3 Å². The van der Waals surface area contributed by atoms with Crippen LogP contribution in [0.2, 0.25) is 0 Å². The first-order chi connectivity index (χ1) is 8.74. The van der Waals surface area contributed by atoms with Gasteiger partial charge in [-0.2, -0.15) is 0 Å². The van der Waals surface area contributed by atoms with Gasteiger partial charge in [-0.3, -0.25) is 4.79 Å². The maximum Gasteiger partial charge on any atom is 0.305 e. The fourth-order valence-electron chi connectivity index (χ4n) is 2.21. The number of nitrogens with zero attached hydrogens (tertiary/aromatic N) is 1. The first kappa shape index (κ1) is 11.5. The molecule has 2 heterocycles. The summed E-state index contributed by atoms with van der Waals surface area (Å²) < 4.78 is 1.18. The number of thiophene rings is 1. The molecule has 1 aliphatic carbocycles. The second-order valence-corrected chi connectivity index (χ2v) is 5.63. The van der Waals surface area contributed by atoms with E-state index < -0.39 is 5.97 Å². The van der Waals surface area contributed by atoms with Gasteiger partial charge in [-0.15, -0.1) is 11.3 Å². The minimum Gasteiger partial charge on any atom is -0.481 e. The van der Waals surface area contributed by atoms with Gasteiger partial charge in [-0.05, 0) is 36.3 Å². The van der Waals surface area contributed by atoms with Crippen LogP contribution in [0.4, 0.5) is 5.82 Å². The Morgan fingerprint density at radius 2 is 2.39 bits per heavy atom. The van der Waals surface area contributed by atoms with Crippen LogP contribution in [0.15, 0.2) is 23.7 Å². The van der Waals surface area contributed by atoms with Crippen LogP contribution in [-0.2, 0) is 4.79 Å². The average Bonchev–Trinajstić information content (AvgIpc) is 3.06. The minimum absolute atomic E-state index is 0.000463. The molecule has 2 aromatic rings. The number of fused-ring (bicyclic) bond motifs is 1. The number of carbonyl (C=O) groups is 1. The second-order valence-electron chi connectivity index (χ2n) is 4.68. The first-order valence-electron chi connectivity index (χ1n) is 6.04. The Kier molecular flexibility index (Phi) is 2.91. The number of hydrogen-bond acceptors (Lipinski definition) is 4. The molecule has 0 spiro atoms. The molecular weight excluding hydrogens is 248 g/mol. The smallest absolute Gasteiger partial charge is 0.305 e. The topological polar surface area (TPSA) is 62.2 Å². The van der Waals surface area contributed by atoms with Crippen LogP contribution >= 0.6 is 11.3 Å². The third kappa shape index (κ3) is 2.31. The van der Waals surface area contributed by atoms with Gasteiger partial charge in [0.2, 0.25) is 0 Å². The quantitative estimate of drug-likeness (QED) is 0.869. The molecule has 0 aliphatic heterocycles. The summed E-state index contributed by atoms with van der Waals surface area (Å²) in [4.78, 5) is 15.2. The number of carboxylic acid groups (broad SMARTS) is 1. The zero-order valence-corrected chi connectivity index (χ0v) is 10.6. The van der Waals surface area contributed by atoms with Gasteiger partial charge in [-0.25, -0.2) is 4.98 Å². The summed E-state index contributed by atoms with van der Waals surface area (Å²) in [7, 11) is 0. The third-order valence-electron chi connectivity index (χ3n) is 3.29. The van der Waals surface area contributed by atoms with Crippen molar-refractivity contribution in [1.82, 2.24) is 4.98 Å². The lowest BCUT2D eigenvalue weighted by Gasteiger charge is -2.17. The molecule has 18 heavy (non-hydrogen) atoms. The molecule has 1 atom stereocenters. The molecule has 2 N–H and O–H groups in total. The van der Waals surface area contributed by atoms with Crippen LogP contribution in [0, 0.1) is 5.92 Å². The number of anilines is 1. The van der Waals surface area contributed by atoms with E-state index in [1.54, 1.807) is 17.5 Å². The number of nitrogens with one attached hydrogen (secondary N) is 1. The van der Waals surface area contributed by atoms with Gasteiger partial charge in [0, 0.05) is 22.3 Å². The molecule has 1 saturated carbocycles. The van der Waals surface area contributed by atoms with E-state index in [1.165, 1.54) is 4.70 Å². The van der Waals surface area contributed by atoms with Gasteiger partial charge in [0.1, 0.15) is 5.82 Å². The predicted molar refractivity (Wildman–Crippen MR) is 72.0 cm³/mol. The third-order valence-corrected chi connectivity index (χ3v) is 4.17. The number of aliphatic carboxylic acids is 1. The Labute approximate surface area is 109 Å². The van der Waals surface area contributed by atoms with Crippen molar-refractivity contribution in [3.63, 3.8) is 0 Å². The summed E-state index contributed by atoms with van der Waals surface area (Å²) in [6, 6.07) is 4.01. The normalized spacial score (nSPS) is 16.7. The highest BCUT2D eigenvalue weighted by atomic mass is 32.1. The number of carboxylic acids is 1. The van der Waals surface area contributed by atoms with Crippen LogP contribution in [0.3, 0.4) is 0 Å². The molecule has 2 aromatic heterocycles. The molecule has 94 valence electrons. The lowest BCUT2D eigenvalue weighted by Crippen LogP contribution is -2.25. The maximum absolute atomic E-state index is 10.9. The summed E-state index contributed by atoms with van der Waals surface area (Å²) in [6.45, 7) is 0. The monoisotopic (exact) mass is 262 g/mol. The SMILES string of the molecule is O=C(O)CC(Nc1nccc2sccc12)C1CC1. The molecule has 0 radical (unpaired) electrons. The van der Waals surface area contributed by atoms with Crippen molar-refractivity contribution in [2.75, 3.05) is 5.32 Å². The molecule has 1 fully saturated rings. The summed E-state index contributed by atoms with van der Waals surface area (Å²) >= 11 is 1.67. The van der Waals surface area contributed by atoms with Gasteiger partial charge in [0.15, 0.2) is 0 Å². The van der Waals surface area contributed by atoms with Crippen LogP contribution in [0.5, 0.6) is 0 Å². The van der Waals surface area contributed by atoms with E-state index in [0.29, 0.717) is 5.92 Å². The lowest BCUT2D eigenvalue weighted by atomic mass is 10.1. The van der Waals surface area contributed by atoms with Crippen molar-refractivity contribution >= 4 is 33.2 Å². The number of hydrogen-bond donors (Lipinski definition) is 2. The predicted octanol–water partition coefficient (Wildman–Crippen LogP) is 2.96.